The van der Waals surface area contributed by atoms with Gasteiger partial charge in [-0.3, -0.25) is 19.1 Å². The SMILES string of the molecule is Cn1c(=O)oc2cc(CCCCNCCCCN3C(=O)C4CCCC4C3=O)ccc21. The van der Waals surface area contributed by atoms with Gasteiger partial charge < -0.3 is 9.73 Å². The monoisotopic (exact) mass is 413 g/mol. The van der Waals surface area contributed by atoms with Gasteiger partial charge in [0.05, 0.1) is 17.4 Å². The van der Waals surface area contributed by atoms with Crippen molar-refractivity contribution in [3.8, 4) is 0 Å². The summed E-state index contributed by atoms with van der Waals surface area (Å²) in [5.41, 5.74) is 2.66. The van der Waals surface area contributed by atoms with E-state index in [0.717, 1.165) is 70.0 Å². The number of imide groups is 1. The average Bonchev–Trinajstić information content (AvgIpc) is 3.39. The molecule has 0 bridgehead atoms. The molecule has 0 radical (unpaired) electrons. The lowest BCUT2D eigenvalue weighted by Crippen LogP contribution is -2.33. The van der Waals surface area contributed by atoms with Gasteiger partial charge in [-0.15, -0.1) is 0 Å². The van der Waals surface area contributed by atoms with Crippen LogP contribution in [-0.4, -0.2) is 40.9 Å². The summed E-state index contributed by atoms with van der Waals surface area (Å²) in [6.07, 6.45) is 7.72. The minimum absolute atomic E-state index is 0.0192. The van der Waals surface area contributed by atoms with Gasteiger partial charge in [-0.05, 0) is 75.7 Å². The second-order valence-electron chi connectivity index (χ2n) is 8.62. The van der Waals surface area contributed by atoms with Crippen LogP contribution in [0.5, 0.6) is 0 Å². The first-order chi connectivity index (χ1) is 14.6. The first-order valence-corrected chi connectivity index (χ1v) is 11.2. The van der Waals surface area contributed by atoms with Crippen molar-refractivity contribution in [2.24, 2.45) is 18.9 Å². The number of benzene rings is 1. The quantitative estimate of drug-likeness (QED) is 0.478. The Bertz CT molecular complexity index is 954. The summed E-state index contributed by atoms with van der Waals surface area (Å²) in [6.45, 7) is 2.43. The molecule has 1 aromatic carbocycles. The van der Waals surface area contributed by atoms with E-state index >= 15 is 0 Å². The standard InChI is InChI=1S/C23H31N3O4/c1-25-19-11-10-16(15-20(19)30-23(25)29)7-2-3-12-24-13-4-5-14-26-21(27)17-8-6-9-18(17)22(26)28/h10-11,15,17-18,24H,2-9,12-14H2,1H3. The van der Waals surface area contributed by atoms with Gasteiger partial charge in [0, 0.05) is 13.6 Å². The number of aryl methyl sites for hydroxylation is 2. The van der Waals surface area contributed by atoms with Gasteiger partial charge in [0.2, 0.25) is 11.8 Å². The number of fused-ring (bicyclic) bond motifs is 2. The Labute approximate surface area is 176 Å². The van der Waals surface area contributed by atoms with Crippen molar-refractivity contribution >= 4 is 22.9 Å². The number of nitrogens with zero attached hydrogens (tertiary/aromatic N) is 2. The smallest absolute Gasteiger partial charge is 0.408 e. The third-order valence-electron chi connectivity index (χ3n) is 6.59. The van der Waals surface area contributed by atoms with E-state index in [1.807, 2.05) is 12.1 Å². The summed E-state index contributed by atoms with van der Waals surface area (Å²) in [7, 11) is 1.71. The number of amides is 2. The normalized spacial score (nSPS) is 21.2. The molecule has 1 aliphatic carbocycles. The minimum Gasteiger partial charge on any atom is -0.408 e. The number of rotatable bonds is 10. The summed E-state index contributed by atoms with van der Waals surface area (Å²) in [5, 5.41) is 3.45. The number of carbonyl (C=O) groups is 2. The van der Waals surface area contributed by atoms with Crippen LogP contribution in [0.25, 0.3) is 11.1 Å². The van der Waals surface area contributed by atoms with Gasteiger partial charge in [-0.25, -0.2) is 4.79 Å². The zero-order valence-electron chi connectivity index (χ0n) is 17.7. The number of oxazole rings is 1. The van der Waals surface area contributed by atoms with Crippen LogP contribution < -0.4 is 11.1 Å². The lowest BCUT2D eigenvalue weighted by molar-refractivity contribution is -0.140. The minimum atomic E-state index is -0.326. The van der Waals surface area contributed by atoms with Gasteiger partial charge in [-0.2, -0.15) is 0 Å². The van der Waals surface area contributed by atoms with E-state index < -0.39 is 0 Å². The Morgan fingerprint density at radius 3 is 2.43 bits per heavy atom. The average molecular weight is 414 g/mol. The van der Waals surface area contributed by atoms with E-state index in [4.69, 9.17) is 4.42 Å². The number of unbranched alkanes of at least 4 members (excludes halogenated alkanes) is 2. The second kappa shape index (κ2) is 9.16. The number of hydrogen-bond acceptors (Lipinski definition) is 5. The highest BCUT2D eigenvalue weighted by atomic mass is 16.4. The molecular weight excluding hydrogens is 382 g/mol. The molecule has 162 valence electrons. The zero-order valence-corrected chi connectivity index (χ0v) is 17.7. The van der Waals surface area contributed by atoms with E-state index in [0.29, 0.717) is 12.1 Å². The fourth-order valence-electron chi connectivity index (χ4n) is 4.84. The molecule has 2 unspecified atom stereocenters. The van der Waals surface area contributed by atoms with E-state index in [-0.39, 0.29) is 29.4 Å². The van der Waals surface area contributed by atoms with Crippen molar-refractivity contribution < 1.29 is 14.0 Å². The molecule has 1 saturated carbocycles. The van der Waals surface area contributed by atoms with Crippen molar-refractivity contribution in [1.82, 2.24) is 14.8 Å². The molecule has 30 heavy (non-hydrogen) atoms. The molecule has 2 amide bonds. The van der Waals surface area contributed by atoms with Crippen LogP contribution in [0.2, 0.25) is 0 Å². The molecule has 2 aliphatic rings. The Kier molecular flexibility index (Phi) is 6.37. The number of carbonyl (C=O) groups excluding carboxylic acids is 2. The number of aromatic nitrogens is 1. The van der Waals surface area contributed by atoms with Crippen molar-refractivity contribution in [3.63, 3.8) is 0 Å². The van der Waals surface area contributed by atoms with Gasteiger partial charge in [0.1, 0.15) is 0 Å². The predicted molar refractivity (Wildman–Crippen MR) is 114 cm³/mol. The first-order valence-electron chi connectivity index (χ1n) is 11.2. The summed E-state index contributed by atoms with van der Waals surface area (Å²) >= 11 is 0. The summed E-state index contributed by atoms with van der Waals surface area (Å²) in [6, 6.07) is 5.95. The summed E-state index contributed by atoms with van der Waals surface area (Å²) in [4.78, 5) is 37.7. The molecule has 7 nitrogen and oxygen atoms in total. The maximum Gasteiger partial charge on any atom is 0.419 e. The lowest BCUT2D eigenvalue weighted by Gasteiger charge is -2.15. The molecule has 1 aliphatic heterocycles. The van der Waals surface area contributed by atoms with Gasteiger partial charge in [0.25, 0.3) is 0 Å². The van der Waals surface area contributed by atoms with E-state index in [9.17, 15) is 14.4 Å². The Morgan fingerprint density at radius 2 is 1.70 bits per heavy atom. The molecule has 2 heterocycles. The molecule has 0 spiro atoms. The molecule has 7 heteroatoms. The Hall–Kier alpha value is -2.41. The maximum atomic E-state index is 12.3. The third-order valence-corrected chi connectivity index (χ3v) is 6.59. The summed E-state index contributed by atoms with van der Waals surface area (Å²) < 4.78 is 6.76. The molecule has 2 fully saturated rings. The van der Waals surface area contributed by atoms with Gasteiger partial charge >= 0.3 is 5.76 Å². The van der Waals surface area contributed by atoms with Crippen molar-refractivity contribution in [3.05, 3.63) is 34.3 Å². The fourth-order valence-corrected chi connectivity index (χ4v) is 4.84. The first kappa shape index (κ1) is 20.8. The number of hydrogen-bond donors (Lipinski definition) is 1. The molecule has 1 aromatic heterocycles. The van der Waals surface area contributed by atoms with Crippen LogP contribution in [0.4, 0.5) is 0 Å². The fraction of sp³-hybridized carbons (Fsp3) is 0.609. The van der Waals surface area contributed by atoms with Gasteiger partial charge in [0.15, 0.2) is 5.58 Å². The number of nitrogens with one attached hydrogen (secondary N) is 1. The third kappa shape index (κ3) is 4.21. The van der Waals surface area contributed by atoms with Crippen molar-refractivity contribution in [1.29, 1.82) is 0 Å². The van der Waals surface area contributed by atoms with Crippen molar-refractivity contribution in [2.75, 3.05) is 19.6 Å². The highest BCUT2D eigenvalue weighted by molar-refractivity contribution is 6.05. The lowest BCUT2D eigenvalue weighted by atomic mass is 10.00. The molecule has 2 aromatic rings. The zero-order chi connectivity index (χ0) is 21.1. The number of likely N-dealkylation sites (tertiary alicyclic amines) is 1. The topological polar surface area (TPSA) is 84.6 Å². The maximum absolute atomic E-state index is 12.3. The highest BCUT2D eigenvalue weighted by Crippen LogP contribution is 2.39. The molecule has 4 rings (SSSR count). The summed E-state index contributed by atoms with van der Waals surface area (Å²) in [5.74, 6) is -0.219. The van der Waals surface area contributed by atoms with Crippen LogP contribution in [-0.2, 0) is 23.1 Å². The molecule has 2 atom stereocenters. The van der Waals surface area contributed by atoms with E-state index in [2.05, 4.69) is 11.4 Å². The van der Waals surface area contributed by atoms with E-state index in [1.54, 1.807) is 7.05 Å². The molecule has 1 N–H and O–H groups in total. The van der Waals surface area contributed by atoms with Crippen LogP contribution in [0, 0.1) is 11.8 Å². The predicted octanol–water partition coefficient (Wildman–Crippen LogP) is 2.61. The van der Waals surface area contributed by atoms with Crippen molar-refractivity contribution in [2.45, 2.75) is 51.4 Å². The highest BCUT2D eigenvalue weighted by Gasteiger charge is 2.49. The van der Waals surface area contributed by atoms with Crippen LogP contribution in [0.1, 0.15) is 50.5 Å². The van der Waals surface area contributed by atoms with E-state index in [1.165, 1.54) is 15.0 Å². The van der Waals surface area contributed by atoms with Crippen LogP contribution in [0.3, 0.4) is 0 Å². The molecule has 1 saturated heterocycles. The van der Waals surface area contributed by atoms with Crippen LogP contribution in [0.15, 0.2) is 27.4 Å². The van der Waals surface area contributed by atoms with Crippen LogP contribution >= 0.6 is 0 Å². The Morgan fingerprint density at radius 1 is 1.00 bits per heavy atom. The van der Waals surface area contributed by atoms with Gasteiger partial charge in [-0.1, -0.05) is 12.5 Å². The Balaban J connectivity index is 1.07. The largest absolute Gasteiger partial charge is 0.419 e. The molecular formula is C23H31N3O4. The second-order valence-corrected chi connectivity index (χ2v) is 8.62.